The number of aliphatic hydroxyl groups excluding tert-OH is 1. The average Bonchev–Trinajstić information content (AvgIpc) is 3.16. The largest absolute Gasteiger partial charge is 0.407 e. The molecule has 1 unspecified atom stereocenters. The summed E-state index contributed by atoms with van der Waals surface area (Å²) in [5, 5.41) is 12.1. The van der Waals surface area contributed by atoms with Gasteiger partial charge in [-0.05, 0) is 65.1 Å². The van der Waals surface area contributed by atoms with Gasteiger partial charge in [0.25, 0.3) is 8.32 Å². The molecule has 5 heteroatoms. The van der Waals surface area contributed by atoms with Gasteiger partial charge < -0.3 is 19.0 Å². The van der Waals surface area contributed by atoms with Crippen molar-refractivity contribution in [2.24, 2.45) is 5.92 Å². The van der Waals surface area contributed by atoms with Gasteiger partial charge in [0.05, 0.1) is 31.5 Å². The maximum atomic E-state index is 9.49. The molecule has 4 rings (SSSR count). The predicted molar refractivity (Wildman–Crippen MR) is 180 cm³/mol. The fourth-order valence-corrected chi connectivity index (χ4v) is 11.2. The fourth-order valence-electron chi connectivity index (χ4n) is 6.51. The van der Waals surface area contributed by atoms with Gasteiger partial charge in [-0.25, -0.2) is 0 Å². The Bertz CT molecular complexity index is 1220. The highest BCUT2D eigenvalue weighted by molar-refractivity contribution is 6.99. The lowest BCUT2D eigenvalue weighted by Crippen LogP contribution is -2.66. The minimum Gasteiger partial charge on any atom is -0.407 e. The summed E-state index contributed by atoms with van der Waals surface area (Å²) < 4.78 is 20.3. The first kappa shape index (κ1) is 33.4. The van der Waals surface area contributed by atoms with E-state index < -0.39 is 13.9 Å². The Morgan fingerprint density at radius 3 is 2.09 bits per heavy atom. The van der Waals surface area contributed by atoms with Crippen LogP contribution in [0.15, 0.2) is 103 Å². The highest BCUT2D eigenvalue weighted by atomic mass is 28.4. The SMILES string of the molecule is CC(CCC[C@]1(C)OC/C(=C/CO)CC[C@H]1OCc1ccccc1)CO[Si](c1ccccc1)(c1ccccc1)C(C)(C)C. The molecule has 0 aromatic heterocycles. The van der Waals surface area contributed by atoms with E-state index >= 15 is 0 Å². The third-order valence-corrected chi connectivity index (χ3v) is 14.0. The van der Waals surface area contributed by atoms with Crippen LogP contribution in [0.5, 0.6) is 0 Å². The highest BCUT2D eigenvalue weighted by Gasteiger charge is 2.50. The van der Waals surface area contributed by atoms with Crippen LogP contribution in [0.4, 0.5) is 0 Å². The topological polar surface area (TPSA) is 47.9 Å². The van der Waals surface area contributed by atoms with Crippen LogP contribution in [0, 0.1) is 5.92 Å². The number of hydrogen-bond acceptors (Lipinski definition) is 4. The molecule has 232 valence electrons. The van der Waals surface area contributed by atoms with Crippen molar-refractivity contribution in [3.05, 3.63) is 108 Å². The van der Waals surface area contributed by atoms with Crippen LogP contribution >= 0.6 is 0 Å². The van der Waals surface area contributed by atoms with Crippen LogP contribution in [0.25, 0.3) is 0 Å². The van der Waals surface area contributed by atoms with Crippen molar-refractivity contribution in [3.8, 4) is 0 Å². The molecule has 1 aliphatic rings. The summed E-state index contributed by atoms with van der Waals surface area (Å²) in [5.41, 5.74) is 1.94. The fraction of sp³-hybridized carbons (Fsp3) is 0.474. The van der Waals surface area contributed by atoms with E-state index in [1.54, 1.807) is 0 Å². The van der Waals surface area contributed by atoms with Crippen LogP contribution in [-0.4, -0.2) is 44.9 Å². The van der Waals surface area contributed by atoms with Gasteiger partial charge in [0.15, 0.2) is 0 Å². The van der Waals surface area contributed by atoms with E-state index in [-0.39, 0.29) is 17.7 Å². The number of rotatable bonds is 13. The molecule has 1 heterocycles. The summed E-state index contributed by atoms with van der Waals surface area (Å²) in [6, 6.07) is 32.2. The molecule has 43 heavy (non-hydrogen) atoms. The van der Waals surface area contributed by atoms with Gasteiger partial charge in [-0.3, -0.25) is 0 Å². The van der Waals surface area contributed by atoms with E-state index in [0.29, 0.717) is 19.1 Å². The summed E-state index contributed by atoms with van der Waals surface area (Å²) in [5.74, 6) is 0.407. The molecule has 1 aliphatic heterocycles. The standard InChI is InChI=1S/C38H52O4Si/c1-31(28-42-43(37(2,3)4,34-19-11-7-12-20-34)35-21-13-8-14-22-35)16-15-26-38(5)36(24-23-33(25-27-39)30-41-38)40-29-32-17-9-6-10-18-32/h6-14,17-22,25,31,36,39H,15-16,23-24,26-30H2,1-5H3/b33-25+/t31?,36-,38+/m1/s1. The summed E-state index contributed by atoms with van der Waals surface area (Å²) in [6.45, 7) is 13.4. The number of ether oxygens (including phenoxy) is 2. The number of benzene rings is 3. The van der Waals surface area contributed by atoms with Crippen molar-refractivity contribution in [1.29, 1.82) is 0 Å². The summed E-state index contributed by atoms with van der Waals surface area (Å²) in [6.07, 6.45) is 6.67. The first-order chi connectivity index (χ1) is 20.7. The van der Waals surface area contributed by atoms with Crippen LogP contribution in [-0.2, 0) is 20.5 Å². The van der Waals surface area contributed by atoms with E-state index in [1.807, 2.05) is 12.1 Å². The molecule has 4 nitrogen and oxygen atoms in total. The molecule has 0 bridgehead atoms. The highest BCUT2D eigenvalue weighted by Crippen LogP contribution is 2.38. The summed E-state index contributed by atoms with van der Waals surface area (Å²) in [7, 11) is -2.55. The van der Waals surface area contributed by atoms with E-state index in [0.717, 1.165) is 44.3 Å². The predicted octanol–water partition coefficient (Wildman–Crippen LogP) is 7.44. The normalized spacial score (nSPS) is 21.4. The van der Waals surface area contributed by atoms with E-state index in [2.05, 4.69) is 120 Å². The second kappa shape index (κ2) is 15.5. The second-order valence-electron chi connectivity index (χ2n) is 13.4. The van der Waals surface area contributed by atoms with E-state index in [9.17, 15) is 5.11 Å². The van der Waals surface area contributed by atoms with Gasteiger partial charge in [0.1, 0.15) is 0 Å². The van der Waals surface area contributed by atoms with Crippen molar-refractivity contribution in [2.45, 2.75) is 90.1 Å². The summed E-state index contributed by atoms with van der Waals surface area (Å²) >= 11 is 0. The van der Waals surface area contributed by atoms with Crippen LogP contribution in [0.1, 0.15) is 72.3 Å². The monoisotopic (exact) mass is 600 g/mol. The minimum atomic E-state index is -2.55. The van der Waals surface area contributed by atoms with Crippen molar-refractivity contribution in [1.82, 2.24) is 0 Å². The quantitative estimate of drug-likeness (QED) is 0.164. The second-order valence-corrected chi connectivity index (χ2v) is 17.7. The molecule has 3 aromatic rings. The average molecular weight is 601 g/mol. The van der Waals surface area contributed by atoms with Crippen molar-refractivity contribution in [2.75, 3.05) is 19.8 Å². The molecule has 0 amide bonds. The first-order valence-electron chi connectivity index (χ1n) is 16.0. The molecule has 0 radical (unpaired) electrons. The minimum absolute atomic E-state index is 0.0130. The lowest BCUT2D eigenvalue weighted by Gasteiger charge is -2.43. The number of hydrogen-bond donors (Lipinski definition) is 1. The van der Waals surface area contributed by atoms with Gasteiger partial charge in [0, 0.05) is 6.61 Å². The van der Waals surface area contributed by atoms with Crippen molar-refractivity contribution < 1.29 is 19.0 Å². The number of aliphatic hydroxyl groups is 1. The van der Waals surface area contributed by atoms with Crippen LogP contribution in [0.2, 0.25) is 5.04 Å². The molecule has 0 saturated carbocycles. The molecule has 0 aliphatic carbocycles. The molecule has 3 aromatic carbocycles. The first-order valence-corrected chi connectivity index (χ1v) is 17.9. The molecule has 0 spiro atoms. The lowest BCUT2D eigenvalue weighted by molar-refractivity contribution is -0.136. The third kappa shape index (κ3) is 8.55. The Hall–Kier alpha value is -2.54. The zero-order valence-corrected chi connectivity index (χ0v) is 27.9. The molecule has 1 N–H and O–H groups in total. The van der Waals surface area contributed by atoms with Gasteiger partial charge in [-0.2, -0.15) is 0 Å². The van der Waals surface area contributed by atoms with E-state index in [4.69, 9.17) is 13.9 Å². The lowest BCUT2D eigenvalue weighted by atomic mass is 9.88. The Kier molecular flexibility index (Phi) is 12.0. The molecular weight excluding hydrogens is 549 g/mol. The van der Waals surface area contributed by atoms with Crippen LogP contribution < -0.4 is 10.4 Å². The Balaban J connectivity index is 1.44. The maximum absolute atomic E-state index is 9.49. The Morgan fingerprint density at radius 2 is 1.53 bits per heavy atom. The zero-order valence-electron chi connectivity index (χ0n) is 26.9. The molecule has 1 saturated heterocycles. The van der Waals surface area contributed by atoms with Crippen molar-refractivity contribution >= 4 is 18.7 Å². The van der Waals surface area contributed by atoms with Gasteiger partial charge in [-0.1, -0.05) is 131 Å². The molecule has 3 atom stereocenters. The van der Waals surface area contributed by atoms with Gasteiger partial charge in [-0.15, -0.1) is 0 Å². The maximum Gasteiger partial charge on any atom is 0.261 e. The van der Waals surface area contributed by atoms with Gasteiger partial charge >= 0.3 is 0 Å². The van der Waals surface area contributed by atoms with E-state index in [1.165, 1.54) is 15.9 Å². The third-order valence-electron chi connectivity index (χ3n) is 9.04. The molecule has 1 fully saturated rings. The Labute approximate surface area is 261 Å². The zero-order chi connectivity index (χ0) is 30.8. The van der Waals surface area contributed by atoms with Crippen LogP contribution in [0.3, 0.4) is 0 Å². The Morgan fingerprint density at radius 1 is 0.953 bits per heavy atom. The molecular formula is C38H52O4Si. The van der Waals surface area contributed by atoms with Gasteiger partial charge in [0.2, 0.25) is 0 Å². The summed E-state index contributed by atoms with van der Waals surface area (Å²) in [4.78, 5) is 0. The smallest absolute Gasteiger partial charge is 0.261 e. The van der Waals surface area contributed by atoms with Crippen molar-refractivity contribution in [3.63, 3.8) is 0 Å².